The zero-order chi connectivity index (χ0) is 10.8. The van der Waals surface area contributed by atoms with E-state index in [-0.39, 0.29) is 23.0 Å². The topological polar surface area (TPSA) is 18.5 Å². The molecule has 4 rings (SSSR count). The molecule has 0 amide bonds. The third-order valence-corrected chi connectivity index (χ3v) is 5.26. The Morgan fingerprint density at radius 3 is 1.62 bits per heavy atom. The number of rotatable bonds is 0. The first kappa shape index (κ1) is 9.23. The number of hydrogen-bond donors (Lipinski definition) is 0. The SMILES string of the molecule is S=C1O[C@H]2[C@H](O1)C13CC=CCC21CC=CC3. The van der Waals surface area contributed by atoms with Gasteiger partial charge < -0.3 is 9.47 Å². The molecule has 2 nitrogen and oxygen atoms in total. The Labute approximate surface area is 100 Å². The molecule has 0 N–H and O–H groups in total. The van der Waals surface area contributed by atoms with E-state index in [9.17, 15) is 0 Å². The normalized spacial score (nSPS) is 51.9. The van der Waals surface area contributed by atoms with Gasteiger partial charge in [-0.05, 0) is 25.7 Å². The molecule has 3 aliphatic carbocycles. The predicted molar refractivity (Wildman–Crippen MR) is 64.0 cm³/mol. The van der Waals surface area contributed by atoms with Crippen molar-refractivity contribution in [2.45, 2.75) is 37.9 Å². The predicted octanol–water partition coefficient (Wildman–Crippen LogP) is 2.74. The van der Waals surface area contributed by atoms with Gasteiger partial charge in [0, 0.05) is 23.0 Å². The Hall–Kier alpha value is -0.830. The zero-order valence-electron chi connectivity index (χ0n) is 9.02. The third kappa shape index (κ3) is 0.775. The summed E-state index contributed by atoms with van der Waals surface area (Å²) in [6.07, 6.45) is 14.1. The van der Waals surface area contributed by atoms with E-state index in [0.29, 0.717) is 5.24 Å². The fourth-order valence-corrected chi connectivity index (χ4v) is 4.46. The molecule has 0 bridgehead atoms. The summed E-state index contributed by atoms with van der Waals surface area (Å²) >= 11 is 5.07. The van der Waals surface area contributed by atoms with Crippen molar-refractivity contribution >= 4 is 17.5 Å². The lowest BCUT2D eigenvalue weighted by Crippen LogP contribution is -2.71. The van der Waals surface area contributed by atoms with Crippen LogP contribution >= 0.6 is 12.2 Å². The van der Waals surface area contributed by atoms with Gasteiger partial charge in [-0.25, -0.2) is 0 Å². The second kappa shape index (κ2) is 2.70. The summed E-state index contributed by atoms with van der Waals surface area (Å²) in [7, 11) is 0. The van der Waals surface area contributed by atoms with Crippen LogP contribution in [0.5, 0.6) is 0 Å². The molecule has 3 heteroatoms. The fraction of sp³-hybridized carbons (Fsp3) is 0.615. The van der Waals surface area contributed by atoms with Crippen molar-refractivity contribution < 1.29 is 9.47 Å². The molecule has 0 spiro atoms. The van der Waals surface area contributed by atoms with E-state index >= 15 is 0 Å². The van der Waals surface area contributed by atoms with Crippen LogP contribution in [0, 0.1) is 10.8 Å². The van der Waals surface area contributed by atoms with Crippen LogP contribution < -0.4 is 0 Å². The van der Waals surface area contributed by atoms with Crippen LogP contribution in [-0.4, -0.2) is 17.4 Å². The van der Waals surface area contributed by atoms with Gasteiger partial charge in [0.25, 0.3) is 0 Å². The van der Waals surface area contributed by atoms with E-state index in [0.717, 1.165) is 25.7 Å². The van der Waals surface area contributed by atoms with Crippen LogP contribution in [0.15, 0.2) is 24.3 Å². The monoisotopic (exact) mass is 234 g/mol. The van der Waals surface area contributed by atoms with E-state index < -0.39 is 0 Å². The van der Waals surface area contributed by atoms with Crippen LogP contribution in [0.25, 0.3) is 0 Å². The average molecular weight is 234 g/mol. The van der Waals surface area contributed by atoms with E-state index in [1.54, 1.807) is 0 Å². The molecule has 1 heterocycles. The molecule has 0 aromatic rings. The van der Waals surface area contributed by atoms with Crippen molar-refractivity contribution in [3.8, 4) is 0 Å². The van der Waals surface area contributed by atoms with Crippen molar-refractivity contribution in [1.29, 1.82) is 0 Å². The first-order valence-corrected chi connectivity index (χ1v) is 6.37. The molecule has 1 aliphatic heterocycles. The molecule has 1 saturated heterocycles. The molecule has 4 aliphatic rings. The van der Waals surface area contributed by atoms with Crippen LogP contribution in [0.4, 0.5) is 0 Å². The van der Waals surface area contributed by atoms with Crippen LogP contribution in [0.2, 0.25) is 0 Å². The van der Waals surface area contributed by atoms with Gasteiger partial charge >= 0.3 is 5.24 Å². The Kier molecular flexibility index (Phi) is 1.56. The Bertz CT molecular complexity index is 370. The lowest BCUT2D eigenvalue weighted by atomic mass is 9.39. The second-order valence-corrected chi connectivity index (χ2v) is 5.73. The van der Waals surface area contributed by atoms with Gasteiger partial charge in [0.2, 0.25) is 0 Å². The lowest BCUT2D eigenvalue weighted by molar-refractivity contribution is -0.229. The largest absolute Gasteiger partial charge is 0.449 e. The maximum atomic E-state index is 5.73. The number of allylic oxidation sites excluding steroid dienone is 4. The third-order valence-electron chi connectivity index (χ3n) is 5.06. The van der Waals surface area contributed by atoms with Gasteiger partial charge in [0.1, 0.15) is 12.2 Å². The first-order valence-electron chi connectivity index (χ1n) is 5.96. The Morgan fingerprint density at radius 2 is 1.25 bits per heavy atom. The molecular formula is C13H14O2S. The summed E-state index contributed by atoms with van der Waals surface area (Å²) < 4.78 is 11.5. The Morgan fingerprint density at radius 1 is 0.875 bits per heavy atom. The summed E-state index contributed by atoms with van der Waals surface area (Å²) in [5.74, 6) is 0. The number of thiocarbonyl (C=S) groups is 1. The quantitative estimate of drug-likeness (QED) is 0.474. The highest BCUT2D eigenvalue weighted by atomic mass is 32.1. The standard InChI is InChI=1S/C13H14O2S/c16-11-14-9-10(15-11)13-6-2-1-5-12(9,13)7-3-4-8-13/h1-4,9-10H,5-8H2/t9-,10-,12?,13?/m0/s1. The van der Waals surface area contributed by atoms with E-state index in [4.69, 9.17) is 21.7 Å². The minimum Gasteiger partial charge on any atom is -0.449 e. The molecule has 0 aromatic heterocycles. The second-order valence-electron chi connectivity index (χ2n) is 5.40. The zero-order valence-corrected chi connectivity index (χ0v) is 9.83. The summed E-state index contributed by atoms with van der Waals surface area (Å²) in [5.41, 5.74) is 0.531. The maximum absolute atomic E-state index is 5.73. The molecule has 0 radical (unpaired) electrons. The molecule has 0 unspecified atom stereocenters. The van der Waals surface area contributed by atoms with Crippen molar-refractivity contribution in [2.75, 3.05) is 0 Å². The first-order chi connectivity index (χ1) is 7.79. The summed E-state index contributed by atoms with van der Waals surface area (Å²) in [5, 5.41) is 0.366. The number of hydrogen-bond acceptors (Lipinski definition) is 3. The minimum atomic E-state index is 0.204. The minimum absolute atomic E-state index is 0.204. The van der Waals surface area contributed by atoms with Crippen molar-refractivity contribution in [2.24, 2.45) is 10.8 Å². The summed E-state index contributed by atoms with van der Waals surface area (Å²) in [6.45, 7) is 0. The molecule has 2 atom stereocenters. The van der Waals surface area contributed by atoms with Gasteiger partial charge in [-0.1, -0.05) is 24.3 Å². The summed E-state index contributed by atoms with van der Waals surface area (Å²) in [4.78, 5) is 0. The molecular weight excluding hydrogens is 220 g/mol. The van der Waals surface area contributed by atoms with E-state index in [1.165, 1.54) is 0 Å². The summed E-state index contributed by atoms with van der Waals surface area (Å²) in [6, 6.07) is 0. The van der Waals surface area contributed by atoms with Crippen LogP contribution in [0.3, 0.4) is 0 Å². The van der Waals surface area contributed by atoms with Gasteiger partial charge in [0.05, 0.1) is 0 Å². The van der Waals surface area contributed by atoms with Gasteiger partial charge in [-0.3, -0.25) is 0 Å². The van der Waals surface area contributed by atoms with Crippen LogP contribution in [0.1, 0.15) is 25.7 Å². The molecule has 1 saturated carbocycles. The van der Waals surface area contributed by atoms with E-state index in [2.05, 4.69) is 24.3 Å². The number of ether oxygens (including phenoxy) is 2. The molecule has 84 valence electrons. The highest BCUT2D eigenvalue weighted by Crippen LogP contribution is 2.71. The highest BCUT2D eigenvalue weighted by molar-refractivity contribution is 7.79. The van der Waals surface area contributed by atoms with Gasteiger partial charge in [-0.15, -0.1) is 0 Å². The van der Waals surface area contributed by atoms with Crippen LogP contribution in [-0.2, 0) is 9.47 Å². The van der Waals surface area contributed by atoms with Gasteiger partial charge in [-0.2, -0.15) is 0 Å². The lowest BCUT2D eigenvalue weighted by Gasteiger charge is -2.66. The van der Waals surface area contributed by atoms with Crippen molar-refractivity contribution in [3.63, 3.8) is 0 Å². The van der Waals surface area contributed by atoms with Gasteiger partial charge in [0.15, 0.2) is 0 Å². The van der Waals surface area contributed by atoms with E-state index in [1.807, 2.05) is 0 Å². The molecule has 2 fully saturated rings. The average Bonchev–Trinajstić information content (AvgIpc) is 2.68. The van der Waals surface area contributed by atoms with Crippen molar-refractivity contribution in [1.82, 2.24) is 0 Å². The highest BCUT2D eigenvalue weighted by Gasteiger charge is 2.76. The molecule has 16 heavy (non-hydrogen) atoms. The smallest absolute Gasteiger partial charge is 0.353 e. The van der Waals surface area contributed by atoms with Crippen molar-refractivity contribution in [3.05, 3.63) is 24.3 Å². The fourth-order valence-electron chi connectivity index (χ4n) is 4.25. The number of fused-ring (bicyclic) bond motifs is 1. The Balaban J connectivity index is 1.84. The maximum Gasteiger partial charge on any atom is 0.353 e. The molecule has 0 aromatic carbocycles.